The Morgan fingerprint density at radius 3 is 2.82 bits per heavy atom. The van der Waals surface area contributed by atoms with Gasteiger partial charge < -0.3 is 20.3 Å². The van der Waals surface area contributed by atoms with E-state index in [2.05, 4.69) is 42.7 Å². The maximum absolute atomic E-state index is 8.83. The molecule has 2 fully saturated rings. The molecule has 1 aliphatic heterocycles. The summed E-state index contributed by atoms with van der Waals surface area (Å²) in [5, 5.41) is 24.3. The zero-order valence-corrected chi connectivity index (χ0v) is 15.9. The third-order valence-corrected chi connectivity index (χ3v) is 5.20. The number of nitrogens with one attached hydrogen (secondary N) is 2. The van der Waals surface area contributed by atoms with Gasteiger partial charge in [-0.2, -0.15) is 10.4 Å². The molecular formula is C19H24N8O. The summed E-state index contributed by atoms with van der Waals surface area (Å²) in [6.45, 7) is 3.37. The summed E-state index contributed by atoms with van der Waals surface area (Å²) >= 11 is 0. The van der Waals surface area contributed by atoms with E-state index in [9.17, 15) is 0 Å². The zero-order chi connectivity index (χ0) is 19.3. The Labute approximate surface area is 164 Å². The SMILES string of the molecule is CN1CCO[C@@H](CNc2cc(Nc3cnc(C#N)cn3)nnc2C2CCC2)C1. The van der Waals surface area contributed by atoms with Crippen LogP contribution in [0.1, 0.15) is 36.6 Å². The molecule has 0 unspecified atom stereocenters. The first-order valence-corrected chi connectivity index (χ1v) is 9.62. The number of nitrogens with zero attached hydrogens (tertiary/aromatic N) is 6. The summed E-state index contributed by atoms with van der Waals surface area (Å²) in [7, 11) is 2.12. The predicted molar refractivity (Wildman–Crippen MR) is 104 cm³/mol. The van der Waals surface area contributed by atoms with Crippen LogP contribution in [-0.4, -0.2) is 64.5 Å². The van der Waals surface area contributed by atoms with Gasteiger partial charge in [-0.3, -0.25) is 0 Å². The molecule has 0 amide bonds. The first kappa shape index (κ1) is 18.5. The van der Waals surface area contributed by atoms with Crippen molar-refractivity contribution in [3.63, 3.8) is 0 Å². The minimum Gasteiger partial charge on any atom is -0.381 e. The van der Waals surface area contributed by atoms with Crippen LogP contribution in [0.4, 0.5) is 17.3 Å². The molecule has 0 aromatic carbocycles. The molecule has 0 bridgehead atoms. The summed E-state index contributed by atoms with van der Waals surface area (Å²) in [5.41, 5.74) is 2.28. The number of likely N-dealkylation sites (N-methyl/N-ethyl adjacent to an activating group) is 1. The number of ether oxygens (including phenoxy) is 1. The Balaban J connectivity index is 1.48. The number of morpholine rings is 1. The fourth-order valence-electron chi connectivity index (χ4n) is 3.38. The van der Waals surface area contributed by atoms with Crippen molar-refractivity contribution in [3.8, 4) is 6.07 Å². The fourth-order valence-corrected chi connectivity index (χ4v) is 3.38. The third-order valence-electron chi connectivity index (χ3n) is 5.20. The van der Waals surface area contributed by atoms with Crippen molar-refractivity contribution in [1.29, 1.82) is 5.26 Å². The summed E-state index contributed by atoms with van der Waals surface area (Å²) < 4.78 is 5.86. The standard InChI is InChI=1S/C19H24N8O/c1-27-5-6-28-15(12-27)10-22-16-7-17(25-26-19(16)13-3-2-4-13)24-18-11-21-14(8-20)9-23-18/h7,9,11,13,15H,2-6,10,12H2,1H3,(H2,22,23,24,25)/t15-/m0/s1. The Morgan fingerprint density at radius 1 is 1.25 bits per heavy atom. The molecule has 1 atom stereocenters. The van der Waals surface area contributed by atoms with Crippen molar-refractivity contribution < 1.29 is 4.74 Å². The Bertz CT molecular complexity index is 846. The van der Waals surface area contributed by atoms with Crippen LogP contribution in [0.25, 0.3) is 0 Å². The minimum absolute atomic E-state index is 0.155. The first-order chi connectivity index (χ1) is 13.7. The average Bonchev–Trinajstić information content (AvgIpc) is 2.67. The molecule has 2 aromatic rings. The molecule has 3 heterocycles. The number of hydrogen-bond donors (Lipinski definition) is 2. The van der Waals surface area contributed by atoms with E-state index in [0.717, 1.165) is 50.5 Å². The highest BCUT2D eigenvalue weighted by Crippen LogP contribution is 2.39. The van der Waals surface area contributed by atoms with Gasteiger partial charge in [-0.15, -0.1) is 5.10 Å². The van der Waals surface area contributed by atoms with E-state index in [4.69, 9.17) is 10.00 Å². The highest BCUT2D eigenvalue weighted by Gasteiger charge is 2.25. The smallest absolute Gasteiger partial charge is 0.158 e. The maximum atomic E-state index is 8.83. The summed E-state index contributed by atoms with van der Waals surface area (Å²) in [4.78, 5) is 10.5. The van der Waals surface area contributed by atoms with Crippen molar-refractivity contribution in [2.45, 2.75) is 31.3 Å². The van der Waals surface area contributed by atoms with Crippen LogP contribution in [-0.2, 0) is 4.74 Å². The van der Waals surface area contributed by atoms with Crippen molar-refractivity contribution in [1.82, 2.24) is 25.1 Å². The molecule has 4 rings (SSSR count). The number of rotatable bonds is 6. The summed E-state index contributed by atoms with van der Waals surface area (Å²) in [6.07, 6.45) is 6.64. The lowest BCUT2D eigenvalue weighted by Gasteiger charge is -2.31. The van der Waals surface area contributed by atoms with Gasteiger partial charge in [0, 0.05) is 31.6 Å². The zero-order valence-electron chi connectivity index (χ0n) is 15.9. The van der Waals surface area contributed by atoms with Gasteiger partial charge in [0.2, 0.25) is 0 Å². The quantitative estimate of drug-likeness (QED) is 0.776. The lowest BCUT2D eigenvalue weighted by Crippen LogP contribution is -2.43. The molecule has 9 heteroatoms. The van der Waals surface area contributed by atoms with Crippen molar-refractivity contribution in [2.24, 2.45) is 0 Å². The molecule has 2 aliphatic rings. The van der Waals surface area contributed by atoms with E-state index in [-0.39, 0.29) is 11.8 Å². The molecule has 2 N–H and O–H groups in total. The second-order valence-corrected chi connectivity index (χ2v) is 7.32. The number of aromatic nitrogens is 4. The molecule has 146 valence electrons. The van der Waals surface area contributed by atoms with Gasteiger partial charge >= 0.3 is 0 Å². The van der Waals surface area contributed by atoms with Gasteiger partial charge in [0.15, 0.2) is 11.5 Å². The van der Waals surface area contributed by atoms with Gasteiger partial charge in [0.25, 0.3) is 0 Å². The van der Waals surface area contributed by atoms with Crippen LogP contribution in [0.3, 0.4) is 0 Å². The molecule has 0 radical (unpaired) electrons. The molecule has 1 saturated carbocycles. The summed E-state index contributed by atoms with van der Waals surface area (Å²) in [6, 6.07) is 3.92. The number of hydrogen-bond acceptors (Lipinski definition) is 9. The highest BCUT2D eigenvalue weighted by molar-refractivity contribution is 5.60. The van der Waals surface area contributed by atoms with Gasteiger partial charge in [0.1, 0.15) is 11.9 Å². The third kappa shape index (κ3) is 4.35. The van der Waals surface area contributed by atoms with Crippen molar-refractivity contribution in [3.05, 3.63) is 29.8 Å². The minimum atomic E-state index is 0.155. The topological polar surface area (TPSA) is 112 Å². The van der Waals surface area contributed by atoms with E-state index in [1.165, 1.54) is 18.8 Å². The van der Waals surface area contributed by atoms with Gasteiger partial charge in [-0.25, -0.2) is 9.97 Å². The van der Waals surface area contributed by atoms with Crippen molar-refractivity contribution >= 4 is 17.3 Å². The molecule has 2 aromatic heterocycles. The number of nitriles is 1. The molecule has 0 spiro atoms. The molecular weight excluding hydrogens is 356 g/mol. The summed E-state index contributed by atoms with van der Waals surface area (Å²) in [5.74, 6) is 1.58. The van der Waals surface area contributed by atoms with Crippen LogP contribution >= 0.6 is 0 Å². The average molecular weight is 380 g/mol. The van der Waals surface area contributed by atoms with Crippen LogP contribution in [0.5, 0.6) is 0 Å². The van der Waals surface area contributed by atoms with Crippen LogP contribution < -0.4 is 10.6 Å². The monoisotopic (exact) mass is 380 g/mol. The Morgan fingerprint density at radius 2 is 2.14 bits per heavy atom. The van der Waals surface area contributed by atoms with Crippen LogP contribution in [0.15, 0.2) is 18.5 Å². The van der Waals surface area contributed by atoms with E-state index < -0.39 is 0 Å². The van der Waals surface area contributed by atoms with Gasteiger partial charge in [-0.1, -0.05) is 6.42 Å². The van der Waals surface area contributed by atoms with Crippen LogP contribution in [0, 0.1) is 11.3 Å². The van der Waals surface area contributed by atoms with E-state index in [1.807, 2.05) is 12.1 Å². The lowest BCUT2D eigenvalue weighted by atomic mass is 9.82. The van der Waals surface area contributed by atoms with Gasteiger partial charge in [-0.05, 0) is 19.9 Å². The van der Waals surface area contributed by atoms with Crippen LogP contribution in [0.2, 0.25) is 0 Å². The second kappa shape index (κ2) is 8.46. The van der Waals surface area contributed by atoms with Gasteiger partial charge in [0.05, 0.1) is 36.5 Å². The highest BCUT2D eigenvalue weighted by atomic mass is 16.5. The Kier molecular flexibility index (Phi) is 5.60. The lowest BCUT2D eigenvalue weighted by molar-refractivity contribution is -0.0117. The molecule has 9 nitrogen and oxygen atoms in total. The largest absolute Gasteiger partial charge is 0.381 e. The molecule has 1 saturated heterocycles. The predicted octanol–water partition coefficient (Wildman–Crippen LogP) is 1.89. The fraction of sp³-hybridized carbons (Fsp3) is 0.526. The van der Waals surface area contributed by atoms with E-state index >= 15 is 0 Å². The van der Waals surface area contributed by atoms with E-state index in [1.54, 1.807) is 0 Å². The Hall–Kier alpha value is -2.83. The molecule has 28 heavy (non-hydrogen) atoms. The normalized spacial score (nSPS) is 20.2. The van der Waals surface area contributed by atoms with E-state index in [0.29, 0.717) is 17.6 Å². The molecule has 1 aliphatic carbocycles. The number of anilines is 3. The maximum Gasteiger partial charge on any atom is 0.158 e. The van der Waals surface area contributed by atoms with Crippen molar-refractivity contribution in [2.75, 3.05) is 43.9 Å². The second-order valence-electron chi connectivity index (χ2n) is 7.32. The first-order valence-electron chi connectivity index (χ1n) is 9.62.